The van der Waals surface area contributed by atoms with Crippen molar-refractivity contribution in [2.24, 2.45) is 0 Å². The molecule has 3 heterocycles. The number of hydrogen-bond donors (Lipinski definition) is 1. The van der Waals surface area contributed by atoms with Crippen molar-refractivity contribution in [3.8, 4) is 17.1 Å². The quantitative estimate of drug-likeness (QED) is 0.367. The van der Waals surface area contributed by atoms with Gasteiger partial charge in [0.2, 0.25) is 0 Å². The Balaban J connectivity index is 1.46. The molecule has 1 aliphatic heterocycles. The monoisotopic (exact) mass is 563 g/mol. The van der Waals surface area contributed by atoms with E-state index in [0.29, 0.717) is 35.0 Å². The van der Waals surface area contributed by atoms with Crippen molar-refractivity contribution in [2.45, 2.75) is 31.8 Å². The van der Waals surface area contributed by atoms with Gasteiger partial charge in [-0.25, -0.2) is 24.2 Å². The van der Waals surface area contributed by atoms with Crippen molar-refractivity contribution in [3.63, 3.8) is 0 Å². The smallest absolute Gasteiger partial charge is 0.382 e. The number of hydrogen-bond acceptors (Lipinski definition) is 7. The number of aliphatic hydroxyl groups excluding tert-OH is 1. The van der Waals surface area contributed by atoms with Crippen LogP contribution in [0.4, 0.5) is 13.2 Å². The molecule has 1 atom stereocenters. The molecule has 0 radical (unpaired) electrons. The molecule has 1 aliphatic rings. The van der Waals surface area contributed by atoms with E-state index < -0.39 is 24.5 Å². The summed E-state index contributed by atoms with van der Waals surface area (Å²) in [5.74, 6) is -0.327. The molecular formula is C24H21ClF3N7O4. The van der Waals surface area contributed by atoms with Crippen LogP contribution in [0.25, 0.3) is 17.1 Å². The second-order valence-corrected chi connectivity index (χ2v) is 9.09. The molecule has 1 amide bonds. The maximum absolute atomic E-state index is 13.1. The molecule has 204 valence electrons. The number of halogens is 4. The number of amides is 1. The Morgan fingerprint density at radius 1 is 1.13 bits per heavy atom. The molecule has 39 heavy (non-hydrogen) atoms. The number of nitrogens with zero attached hydrogens (tertiary/aromatic N) is 7. The number of rotatable bonds is 7. The Kier molecular flexibility index (Phi) is 7.25. The Hall–Kier alpha value is -4.01. The number of carbonyl (C=O) groups excluding carboxylic acids is 1. The van der Waals surface area contributed by atoms with Crippen LogP contribution in [0.3, 0.4) is 0 Å². The van der Waals surface area contributed by atoms with Gasteiger partial charge in [-0.05, 0) is 42.8 Å². The summed E-state index contributed by atoms with van der Waals surface area (Å²) >= 11 is 5.91. The van der Waals surface area contributed by atoms with E-state index in [1.165, 1.54) is 40.3 Å². The molecular weight excluding hydrogens is 543 g/mol. The number of alkyl halides is 3. The summed E-state index contributed by atoms with van der Waals surface area (Å²) in [5, 5.41) is 19.8. The lowest BCUT2D eigenvalue weighted by Crippen LogP contribution is -2.37. The predicted molar refractivity (Wildman–Crippen MR) is 131 cm³/mol. The maximum atomic E-state index is 13.1. The van der Waals surface area contributed by atoms with Gasteiger partial charge in [0, 0.05) is 10.6 Å². The molecule has 0 aliphatic carbocycles. The average molecular weight is 564 g/mol. The first kappa shape index (κ1) is 26.6. The van der Waals surface area contributed by atoms with Crippen molar-refractivity contribution in [1.29, 1.82) is 0 Å². The summed E-state index contributed by atoms with van der Waals surface area (Å²) in [6.07, 6.45) is -5.66. The van der Waals surface area contributed by atoms with Crippen LogP contribution in [0.2, 0.25) is 5.02 Å². The fourth-order valence-electron chi connectivity index (χ4n) is 4.01. The zero-order valence-electron chi connectivity index (χ0n) is 20.1. The summed E-state index contributed by atoms with van der Waals surface area (Å²) in [7, 11) is 0. The van der Waals surface area contributed by atoms with Crippen molar-refractivity contribution in [1.82, 2.24) is 34.2 Å². The Labute approximate surface area is 223 Å². The minimum atomic E-state index is -4.94. The third-order valence-corrected chi connectivity index (χ3v) is 6.20. The molecule has 2 aromatic carbocycles. The summed E-state index contributed by atoms with van der Waals surface area (Å²) in [5.41, 5.74) is 0.161. The zero-order chi connectivity index (χ0) is 27.7. The van der Waals surface area contributed by atoms with E-state index in [2.05, 4.69) is 15.2 Å². The fraction of sp³-hybridized carbons (Fsp3) is 0.292. The van der Waals surface area contributed by atoms with E-state index in [1.807, 2.05) is 0 Å². The molecule has 2 aromatic heterocycles. The van der Waals surface area contributed by atoms with Crippen LogP contribution in [0.5, 0.6) is 0 Å². The third-order valence-electron chi connectivity index (χ3n) is 5.95. The summed E-state index contributed by atoms with van der Waals surface area (Å²) in [4.78, 5) is 35.6. The average Bonchev–Trinajstić information content (AvgIpc) is 3.67. The number of carbonyl (C=O) groups is 1. The number of hydroxylamine groups is 2. The van der Waals surface area contributed by atoms with Gasteiger partial charge in [0.1, 0.15) is 12.9 Å². The SMILES string of the molecule is O=C(c1ccccc1-n1cnc(Cn2nc(-c3ccc(Cl)cc3)n(C[C@H](O)C(F)(F)F)c2=O)n1)N1CCCO1. The van der Waals surface area contributed by atoms with E-state index in [-0.39, 0.29) is 24.1 Å². The topological polar surface area (TPSA) is 120 Å². The summed E-state index contributed by atoms with van der Waals surface area (Å²) in [6, 6.07) is 12.7. The molecule has 5 rings (SSSR count). The van der Waals surface area contributed by atoms with Crippen LogP contribution in [-0.2, 0) is 17.9 Å². The van der Waals surface area contributed by atoms with Gasteiger partial charge in [-0.1, -0.05) is 23.7 Å². The normalized spacial score (nSPS) is 14.6. The van der Waals surface area contributed by atoms with E-state index in [4.69, 9.17) is 16.4 Å². The molecule has 4 aromatic rings. The predicted octanol–water partition coefficient (Wildman–Crippen LogP) is 2.69. The van der Waals surface area contributed by atoms with Crippen molar-refractivity contribution < 1.29 is 27.9 Å². The van der Waals surface area contributed by atoms with Gasteiger partial charge in [-0.15, -0.1) is 10.2 Å². The van der Waals surface area contributed by atoms with Gasteiger partial charge >= 0.3 is 11.9 Å². The first-order chi connectivity index (χ1) is 18.6. The number of aliphatic hydroxyl groups is 1. The van der Waals surface area contributed by atoms with E-state index in [1.54, 1.807) is 24.3 Å². The molecule has 15 heteroatoms. The van der Waals surface area contributed by atoms with Gasteiger partial charge in [-0.2, -0.15) is 13.2 Å². The lowest BCUT2D eigenvalue weighted by Gasteiger charge is -2.16. The van der Waals surface area contributed by atoms with Gasteiger partial charge in [0.15, 0.2) is 17.8 Å². The van der Waals surface area contributed by atoms with Crippen LogP contribution in [0, 0.1) is 0 Å². The van der Waals surface area contributed by atoms with E-state index in [9.17, 15) is 27.9 Å². The highest BCUT2D eigenvalue weighted by Gasteiger charge is 2.39. The molecule has 0 unspecified atom stereocenters. The van der Waals surface area contributed by atoms with Crippen LogP contribution in [-0.4, -0.2) is 70.6 Å². The third kappa shape index (κ3) is 5.57. The molecule has 11 nitrogen and oxygen atoms in total. The zero-order valence-corrected chi connectivity index (χ0v) is 20.9. The van der Waals surface area contributed by atoms with Gasteiger partial charge < -0.3 is 5.11 Å². The summed E-state index contributed by atoms with van der Waals surface area (Å²) in [6.45, 7) is -0.440. The van der Waals surface area contributed by atoms with Crippen LogP contribution in [0.15, 0.2) is 59.7 Å². The maximum Gasteiger partial charge on any atom is 0.416 e. The number of benzene rings is 2. The Bertz CT molecular complexity index is 1540. The molecule has 0 bridgehead atoms. The van der Waals surface area contributed by atoms with Gasteiger partial charge in [0.25, 0.3) is 5.91 Å². The molecule has 1 saturated heterocycles. The second kappa shape index (κ2) is 10.6. The first-order valence-electron chi connectivity index (χ1n) is 11.7. The largest absolute Gasteiger partial charge is 0.416 e. The minimum absolute atomic E-state index is 0.0963. The molecule has 1 N–H and O–H groups in total. The summed E-state index contributed by atoms with van der Waals surface area (Å²) < 4.78 is 42.3. The Morgan fingerprint density at radius 2 is 1.87 bits per heavy atom. The van der Waals surface area contributed by atoms with Crippen LogP contribution < -0.4 is 5.69 Å². The van der Waals surface area contributed by atoms with Crippen LogP contribution in [0.1, 0.15) is 22.6 Å². The highest BCUT2D eigenvalue weighted by atomic mass is 35.5. The van der Waals surface area contributed by atoms with Crippen molar-refractivity contribution in [2.75, 3.05) is 13.2 Å². The lowest BCUT2D eigenvalue weighted by molar-refractivity contribution is -0.207. The first-order valence-corrected chi connectivity index (χ1v) is 12.1. The van der Waals surface area contributed by atoms with E-state index >= 15 is 0 Å². The Morgan fingerprint density at radius 3 is 2.56 bits per heavy atom. The molecule has 0 spiro atoms. The highest BCUT2D eigenvalue weighted by molar-refractivity contribution is 6.30. The van der Waals surface area contributed by atoms with Gasteiger partial charge in [0.05, 0.1) is 30.9 Å². The van der Waals surface area contributed by atoms with Crippen LogP contribution >= 0.6 is 11.6 Å². The lowest BCUT2D eigenvalue weighted by atomic mass is 10.1. The number of para-hydroxylation sites is 1. The molecule has 0 saturated carbocycles. The highest BCUT2D eigenvalue weighted by Crippen LogP contribution is 2.24. The second-order valence-electron chi connectivity index (χ2n) is 8.66. The van der Waals surface area contributed by atoms with Crippen molar-refractivity contribution >= 4 is 17.5 Å². The standard InChI is InChI=1S/C24H21ClF3N7O4/c25-16-8-6-15(7-9-16)21-31-33(23(38)32(21)12-19(36)24(26,27)28)13-20-29-14-34(30-20)18-5-2-1-4-17(18)22(37)35-10-3-11-39-35/h1-2,4-9,14,19,36H,3,10-13H2/t19-/m0/s1. The minimum Gasteiger partial charge on any atom is -0.382 e. The van der Waals surface area contributed by atoms with Gasteiger partial charge in [-0.3, -0.25) is 14.2 Å². The van der Waals surface area contributed by atoms with Crippen molar-refractivity contribution in [3.05, 3.63) is 81.8 Å². The van der Waals surface area contributed by atoms with E-state index in [0.717, 1.165) is 15.7 Å². The fourth-order valence-corrected chi connectivity index (χ4v) is 4.14. The molecule has 1 fully saturated rings. The number of aromatic nitrogens is 6.